The van der Waals surface area contributed by atoms with E-state index in [1.54, 1.807) is 36.4 Å². The monoisotopic (exact) mass is 412 g/mol. The quantitative estimate of drug-likeness (QED) is 0.616. The van der Waals surface area contributed by atoms with Crippen molar-refractivity contribution in [3.8, 4) is 0 Å². The molecule has 1 aliphatic heterocycles. The summed E-state index contributed by atoms with van der Waals surface area (Å²) in [5.41, 5.74) is 1.34. The molecule has 2 heterocycles. The number of anilines is 2. The van der Waals surface area contributed by atoms with Crippen LogP contribution in [0.5, 0.6) is 0 Å². The summed E-state index contributed by atoms with van der Waals surface area (Å²) >= 11 is 0.989. The number of esters is 1. The summed E-state index contributed by atoms with van der Waals surface area (Å²) in [5.74, 6) is -1.21. The largest absolute Gasteiger partial charge is 0.468 e. The van der Waals surface area contributed by atoms with E-state index >= 15 is 0 Å². The number of thiazole rings is 1. The van der Waals surface area contributed by atoms with Crippen molar-refractivity contribution in [2.24, 2.45) is 0 Å². The van der Waals surface area contributed by atoms with Gasteiger partial charge in [-0.15, -0.1) is 0 Å². The maximum absolute atomic E-state index is 13.4. The number of fused-ring (bicyclic) bond motifs is 1. The van der Waals surface area contributed by atoms with Gasteiger partial charge in [0.15, 0.2) is 0 Å². The third-order valence-corrected chi connectivity index (χ3v) is 5.93. The van der Waals surface area contributed by atoms with Crippen LogP contribution in [0.3, 0.4) is 0 Å². The van der Waals surface area contributed by atoms with E-state index in [2.05, 4.69) is 0 Å². The molecule has 0 fully saturated rings. The molecule has 1 aromatic heterocycles. The van der Waals surface area contributed by atoms with Crippen molar-refractivity contribution < 1.29 is 18.7 Å². The summed E-state index contributed by atoms with van der Waals surface area (Å²) in [6.45, 7) is -0.298. The first-order chi connectivity index (χ1) is 14.0. The molecule has 0 radical (unpaired) electrons. The normalized spacial score (nSPS) is 15.9. The van der Waals surface area contributed by atoms with Gasteiger partial charge in [-0.1, -0.05) is 41.7 Å². The third kappa shape index (κ3) is 3.47. The predicted octanol–water partition coefficient (Wildman–Crippen LogP) is 3.42. The highest BCUT2D eigenvalue weighted by Gasteiger charge is 2.38. The van der Waals surface area contributed by atoms with Crippen molar-refractivity contribution in [3.63, 3.8) is 0 Å². The lowest BCUT2D eigenvalue weighted by Crippen LogP contribution is -2.36. The minimum atomic E-state index is -0.586. The number of ether oxygens (including phenoxy) is 1. The summed E-state index contributed by atoms with van der Waals surface area (Å²) in [4.78, 5) is 39.6. The Bertz CT molecular complexity index is 1120. The number of hydrogen-bond acceptors (Lipinski definition) is 5. The second-order valence-corrected chi connectivity index (χ2v) is 7.58. The first kappa shape index (κ1) is 19.1. The number of carbonyl (C=O) groups is 2. The molecule has 3 aromatic rings. The van der Waals surface area contributed by atoms with Gasteiger partial charge < -0.3 is 4.74 Å². The fourth-order valence-electron chi connectivity index (χ4n) is 3.49. The van der Waals surface area contributed by atoms with Crippen molar-refractivity contribution in [1.82, 2.24) is 4.57 Å². The van der Waals surface area contributed by atoms with Crippen molar-refractivity contribution >= 4 is 34.7 Å². The number of rotatable bonds is 4. The first-order valence-corrected chi connectivity index (χ1v) is 9.75. The molecular formula is C21H17FN2O4S. The van der Waals surface area contributed by atoms with Crippen LogP contribution in [-0.4, -0.2) is 23.6 Å². The second kappa shape index (κ2) is 7.63. The van der Waals surface area contributed by atoms with Crippen LogP contribution in [0, 0.1) is 5.82 Å². The zero-order valence-corrected chi connectivity index (χ0v) is 16.3. The Balaban J connectivity index is 1.91. The van der Waals surface area contributed by atoms with Crippen LogP contribution < -0.4 is 9.77 Å². The molecule has 6 nitrogen and oxygen atoms in total. The van der Waals surface area contributed by atoms with E-state index in [-0.39, 0.29) is 29.6 Å². The van der Waals surface area contributed by atoms with E-state index in [1.807, 2.05) is 6.07 Å². The van der Waals surface area contributed by atoms with Crippen LogP contribution in [0.4, 0.5) is 15.9 Å². The molecule has 0 spiro atoms. The number of hydrogen-bond donors (Lipinski definition) is 0. The lowest BCUT2D eigenvalue weighted by Gasteiger charge is -2.32. The van der Waals surface area contributed by atoms with Crippen LogP contribution >= 0.6 is 11.3 Å². The van der Waals surface area contributed by atoms with E-state index in [4.69, 9.17) is 4.74 Å². The molecular weight excluding hydrogens is 395 g/mol. The van der Waals surface area contributed by atoms with Crippen LogP contribution in [0.2, 0.25) is 0 Å². The number of aromatic nitrogens is 1. The molecule has 1 aliphatic rings. The lowest BCUT2D eigenvalue weighted by atomic mass is 9.90. The average Bonchev–Trinajstić information content (AvgIpc) is 3.04. The number of halogens is 1. The zero-order chi connectivity index (χ0) is 20.5. The summed E-state index contributed by atoms with van der Waals surface area (Å²) in [6, 6.07) is 14.8. The van der Waals surface area contributed by atoms with Gasteiger partial charge in [0.2, 0.25) is 5.91 Å². The maximum Gasteiger partial charge on any atom is 0.325 e. The van der Waals surface area contributed by atoms with Gasteiger partial charge in [0.25, 0.3) is 0 Å². The van der Waals surface area contributed by atoms with Gasteiger partial charge in [-0.3, -0.25) is 23.9 Å². The fourth-order valence-corrected chi connectivity index (χ4v) is 4.59. The average molecular weight is 412 g/mol. The Morgan fingerprint density at radius 3 is 2.48 bits per heavy atom. The molecule has 0 bridgehead atoms. The smallest absolute Gasteiger partial charge is 0.325 e. The Morgan fingerprint density at radius 2 is 1.83 bits per heavy atom. The summed E-state index contributed by atoms with van der Waals surface area (Å²) in [5, 5.41) is 0. The van der Waals surface area contributed by atoms with Gasteiger partial charge in [-0.25, -0.2) is 4.39 Å². The molecule has 8 heteroatoms. The Morgan fingerprint density at radius 1 is 1.14 bits per heavy atom. The Hall–Kier alpha value is -3.26. The molecule has 0 saturated carbocycles. The minimum Gasteiger partial charge on any atom is -0.468 e. The van der Waals surface area contributed by atoms with Crippen LogP contribution in [-0.2, 0) is 20.9 Å². The predicted molar refractivity (Wildman–Crippen MR) is 107 cm³/mol. The standard InChI is InChI=1S/C21H17FN2O4S/c1-28-18(26)12-23-20-19(29-21(23)27)16(13-7-9-14(22)10-8-13)11-17(25)24(20)15-5-3-2-4-6-15/h2-10,16H,11-12H2,1H3/t16-/m1/s1. The van der Waals surface area contributed by atoms with Gasteiger partial charge in [0.1, 0.15) is 18.2 Å². The maximum atomic E-state index is 13.4. The van der Waals surface area contributed by atoms with Crippen LogP contribution in [0.1, 0.15) is 22.8 Å². The van der Waals surface area contributed by atoms with Crippen molar-refractivity contribution in [2.75, 3.05) is 12.0 Å². The molecule has 0 aliphatic carbocycles. The number of amides is 1. The molecule has 1 atom stereocenters. The molecule has 29 heavy (non-hydrogen) atoms. The lowest BCUT2D eigenvalue weighted by molar-refractivity contribution is -0.141. The van der Waals surface area contributed by atoms with Crippen LogP contribution in [0.15, 0.2) is 59.4 Å². The molecule has 2 aromatic carbocycles. The fraction of sp³-hybridized carbons (Fsp3) is 0.190. The molecule has 0 unspecified atom stereocenters. The van der Waals surface area contributed by atoms with E-state index in [0.29, 0.717) is 16.4 Å². The van der Waals surface area contributed by atoms with Gasteiger partial charge >= 0.3 is 10.8 Å². The van der Waals surface area contributed by atoms with Gasteiger partial charge in [0, 0.05) is 12.3 Å². The highest BCUT2D eigenvalue weighted by molar-refractivity contribution is 7.10. The zero-order valence-electron chi connectivity index (χ0n) is 15.5. The molecule has 0 N–H and O–H groups in total. The van der Waals surface area contributed by atoms with E-state index < -0.39 is 11.9 Å². The molecule has 4 rings (SSSR count). The Kier molecular flexibility index (Phi) is 5.02. The minimum absolute atomic E-state index is 0.131. The topological polar surface area (TPSA) is 68.6 Å². The molecule has 148 valence electrons. The SMILES string of the molecule is COC(=O)Cn1c2c(sc1=O)[C@@H](c1ccc(F)cc1)CC(=O)N2c1ccccc1. The first-order valence-electron chi connectivity index (χ1n) is 8.93. The highest BCUT2D eigenvalue weighted by Crippen LogP contribution is 2.44. The van der Waals surface area contributed by atoms with E-state index in [1.165, 1.54) is 28.7 Å². The number of benzene rings is 2. The van der Waals surface area contributed by atoms with Gasteiger partial charge in [-0.05, 0) is 29.8 Å². The summed E-state index contributed by atoms with van der Waals surface area (Å²) in [7, 11) is 1.24. The second-order valence-electron chi connectivity index (χ2n) is 6.59. The van der Waals surface area contributed by atoms with E-state index in [9.17, 15) is 18.8 Å². The highest BCUT2D eigenvalue weighted by atomic mass is 32.1. The Labute approximate surface area is 169 Å². The van der Waals surface area contributed by atoms with Gasteiger partial charge in [-0.2, -0.15) is 0 Å². The van der Waals surface area contributed by atoms with Gasteiger partial charge in [0.05, 0.1) is 17.7 Å². The number of para-hydroxylation sites is 1. The summed E-state index contributed by atoms with van der Waals surface area (Å²) in [6.07, 6.45) is 0.131. The molecule has 1 amide bonds. The number of methoxy groups -OCH3 is 1. The number of nitrogens with zero attached hydrogens (tertiary/aromatic N) is 2. The third-order valence-electron chi connectivity index (χ3n) is 4.85. The van der Waals surface area contributed by atoms with Crippen molar-refractivity contribution in [1.29, 1.82) is 0 Å². The summed E-state index contributed by atoms with van der Waals surface area (Å²) < 4.78 is 19.4. The molecule has 0 saturated heterocycles. The number of carbonyl (C=O) groups excluding carboxylic acids is 2. The van der Waals surface area contributed by atoms with Crippen molar-refractivity contribution in [2.45, 2.75) is 18.9 Å². The van der Waals surface area contributed by atoms with E-state index in [0.717, 1.165) is 16.9 Å². The van der Waals surface area contributed by atoms with Crippen LogP contribution in [0.25, 0.3) is 0 Å². The van der Waals surface area contributed by atoms with Crippen molar-refractivity contribution in [3.05, 3.63) is 80.5 Å².